The number of aliphatic carboxylic acids is 4. The summed E-state index contributed by atoms with van der Waals surface area (Å²) in [5.41, 5.74) is 0. The number of carbonyl (C=O) groups is 4. The Morgan fingerprint density at radius 3 is 1.20 bits per heavy atom. The van der Waals surface area contributed by atoms with E-state index >= 15 is 0 Å². The largest absolute Gasteiger partial charge is 0.481 e. The number of carboxylic acid groups (broad SMARTS) is 4. The van der Waals surface area contributed by atoms with Crippen molar-refractivity contribution in [1.29, 1.82) is 0 Å². The first-order valence-corrected chi connectivity index (χ1v) is 5.53. The fourth-order valence-corrected chi connectivity index (χ4v) is 0.214. The molecule has 0 fully saturated rings. The Hall–Kier alpha value is -2.38. The van der Waals surface area contributed by atoms with Gasteiger partial charge in [-0.25, -0.2) is 4.79 Å². The summed E-state index contributed by atoms with van der Waals surface area (Å²) in [6.07, 6.45) is 2.08. The molecule has 0 rings (SSSR count). The van der Waals surface area contributed by atoms with E-state index < -0.39 is 23.9 Å². The van der Waals surface area contributed by atoms with Crippen molar-refractivity contribution >= 4 is 23.9 Å². The van der Waals surface area contributed by atoms with Gasteiger partial charge in [-0.1, -0.05) is 20.4 Å². The third-order valence-corrected chi connectivity index (χ3v) is 0.941. The van der Waals surface area contributed by atoms with E-state index in [1.807, 2.05) is 6.92 Å². The average Bonchev–Trinajstić information content (AvgIpc) is 2.29. The highest BCUT2D eigenvalue weighted by Gasteiger charge is 1.87. The predicted octanol–water partition coefficient (Wildman–Crippen LogP) is 1.70. The van der Waals surface area contributed by atoms with Crippen molar-refractivity contribution in [3.63, 3.8) is 0 Å². The molecule has 0 saturated heterocycles. The van der Waals surface area contributed by atoms with Crippen molar-refractivity contribution in [1.82, 2.24) is 0 Å². The Bertz CT molecular complexity index is 292. The van der Waals surface area contributed by atoms with Gasteiger partial charge in [0.25, 0.3) is 5.97 Å². The molecule has 0 radical (unpaired) electrons. The first-order chi connectivity index (χ1) is 9.04. The lowest BCUT2D eigenvalue weighted by atomic mass is 10.4. The minimum Gasteiger partial charge on any atom is -0.481 e. The average molecular weight is 294 g/mol. The van der Waals surface area contributed by atoms with Gasteiger partial charge in [0.15, 0.2) is 0 Å². The summed E-state index contributed by atoms with van der Waals surface area (Å²) in [6, 6.07) is 0. The third-order valence-electron chi connectivity index (χ3n) is 0.941. The van der Waals surface area contributed by atoms with Crippen molar-refractivity contribution in [3.8, 4) is 0 Å². The van der Waals surface area contributed by atoms with E-state index in [9.17, 15) is 14.4 Å². The summed E-state index contributed by atoms with van der Waals surface area (Å²) in [5, 5.41) is 30.7. The summed E-state index contributed by atoms with van der Waals surface area (Å²) in [6.45, 7) is 7.48. The number of hydrogen-bond donors (Lipinski definition) is 4. The van der Waals surface area contributed by atoms with Crippen LogP contribution >= 0.6 is 0 Å². The second-order valence-electron chi connectivity index (χ2n) is 2.95. The molecule has 8 heteroatoms. The number of rotatable bonds is 4. The van der Waals surface area contributed by atoms with Gasteiger partial charge in [0, 0.05) is 25.8 Å². The lowest BCUT2D eigenvalue weighted by Gasteiger charge is -1.79. The number of carboxylic acids is 4. The van der Waals surface area contributed by atoms with Gasteiger partial charge in [-0.05, 0) is 6.42 Å². The molecule has 0 bridgehead atoms. The fraction of sp³-hybridized carbons (Fsp3) is 0.500. The summed E-state index contributed by atoms with van der Waals surface area (Å²) in [4.78, 5) is 37.2. The third kappa shape index (κ3) is 156. The summed E-state index contributed by atoms with van der Waals surface area (Å²) >= 11 is 0. The second kappa shape index (κ2) is 21.9. The predicted molar refractivity (Wildman–Crippen MR) is 71.6 cm³/mol. The van der Waals surface area contributed by atoms with Crippen LogP contribution in [-0.4, -0.2) is 44.3 Å². The van der Waals surface area contributed by atoms with Crippen molar-refractivity contribution in [2.45, 2.75) is 40.0 Å². The number of hydrogen-bond acceptors (Lipinski definition) is 4. The standard InChI is InChI=1S/C4H8O2.C3H6O2.C3H4O2.C2H4O2/c1-2-3-4(5)6;2*1-2-3(4)5;1-2(3)4/h2-3H2,1H3,(H,5,6);2H2,1H3,(H,4,5);2H,1H2,(H,4,5);1H3,(H,3,4). The molecule has 0 unspecified atom stereocenters. The molecule has 0 aliphatic carbocycles. The van der Waals surface area contributed by atoms with Gasteiger partial charge in [-0.3, -0.25) is 14.4 Å². The van der Waals surface area contributed by atoms with E-state index in [2.05, 4.69) is 6.58 Å². The van der Waals surface area contributed by atoms with E-state index in [1.54, 1.807) is 6.92 Å². The molecule has 0 heterocycles. The zero-order chi connectivity index (χ0) is 17.1. The van der Waals surface area contributed by atoms with Crippen LogP contribution in [0.4, 0.5) is 0 Å². The van der Waals surface area contributed by atoms with Crippen LogP contribution in [0.3, 0.4) is 0 Å². The first-order valence-electron chi connectivity index (χ1n) is 5.53. The van der Waals surface area contributed by atoms with Crippen LogP contribution in [0.1, 0.15) is 40.0 Å². The van der Waals surface area contributed by atoms with E-state index in [1.165, 1.54) is 0 Å². The summed E-state index contributed by atoms with van der Waals surface area (Å²) in [7, 11) is 0. The molecule has 0 aromatic heterocycles. The van der Waals surface area contributed by atoms with Gasteiger partial charge in [-0.15, -0.1) is 0 Å². The molecule has 4 N–H and O–H groups in total. The van der Waals surface area contributed by atoms with Crippen molar-refractivity contribution in [2.24, 2.45) is 0 Å². The molecule has 20 heavy (non-hydrogen) atoms. The van der Waals surface area contributed by atoms with Gasteiger partial charge in [-0.2, -0.15) is 0 Å². The van der Waals surface area contributed by atoms with Crippen LogP contribution in [0.2, 0.25) is 0 Å². The lowest BCUT2D eigenvalue weighted by molar-refractivity contribution is -0.137. The minimum absolute atomic E-state index is 0.222. The molecule has 0 aromatic carbocycles. The van der Waals surface area contributed by atoms with Crippen molar-refractivity contribution < 1.29 is 39.6 Å². The molecule has 0 spiro atoms. The van der Waals surface area contributed by atoms with Crippen LogP contribution in [0.15, 0.2) is 12.7 Å². The Kier molecular flexibility index (Phi) is 28.7. The Balaban J connectivity index is -0.0000000862. The van der Waals surface area contributed by atoms with E-state index in [-0.39, 0.29) is 6.42 Å². The lowest BCUT2D eigenvalue weighted by Crippen LogP contribution is -1.90. The summed E-state index contributed by atoms with van der Waals surface area (Å²) < 4.78 is 0. The zero-order valence-electron chi connectivity index (χ0n) is 11.8. The van der Waals surface area contributed by atoms with Crippen LogP contribution in [0.25, 0.3) is 0 Å². The topological polar surface area (TPSA) is 149 Å². The highest BCUT2D eigenvalue weighted by Crippen LogP contribution is 1.82. The van der Waals surface area contributed by atoms with Crippen LogP contribution in [0, 0.1) is 0 Å². The Labute approximate surface area is 117 Å². The molecule has 0 saturated carbocycles. The quantitative estimate of drug-likeness (QED) is 0.572. The SMILES string of the molecule is C=CC(=O)O.CC(=O)O.CCC(=O)O.CCCC(=O)O. The van der Waals surface area contributed by atoms with Gasteiger partial charge in [0.05, 0.1) is 0 Å². The maximum atomic E-state index is 9.60. The van der Waals surface area contributed by atoms with Crippen LogP contribution in [0.5, 0.6) is 0 Å². The molecule has 118 valence electrons. The van der Waals surface area contributed by atoms with E-state index in [0.29, 0.717) is 6.42 Å². The Morgan fingerprint density at radius 1 is 0.950 bits per heavy atom. The van der Waals surface area contributed by atoms with Gasteiger partial charge in [0.2, 0.25) is 0 Å². The summed E-state index contributed by atoms with van der Waals surface area (Å²) in [5.74, 6) is -3.27. The minimum atomic E-state index is -0.981. The first kappa shape index (κ1) is 26.2. The molecular weight excluding hydrogens is 272 g/mol. The van der Waals surface area contributed by atoms with Gasteiger partial charge < -0.3 is 20.4 Å². The van der Waals surface area contributed by atoms with Gasteiger partial charge in [0.1, 0.15) is 0 Å². The highest BCUT2D eigenvalue weighted by atomic mass is 16.4. The molecule has 0 aliphatic heterocycles. The second-order valence-corrected chi connectivity index (χ2v) is 2.95. The maximum absolute atomic E-state index is 9.60. The molecule has 8 nitrogen and oxygen atoms in total. The fourth-order valence-electron chi connectivity index (χ4n) is 0.214. The van der Waals surface area contributed by atoms with E-state index in [4.69, 9.17) is 25.2 Å². The molecular formula is C12H22O8. The normalized spacial score (nSPS) is 7.15. The van der Waals surface area contributed by atoms with Gasteiger partial charge >= 0.3 is 17.9 Å². The molecule has 0 amide bonds. The zero-order valence-corrected chi connectivity index (χ0v) is 11.8. The molecule has 0 aromatic rings. The molecule has 0 atom stereocenters. The monoisotopic (exact) mass is 294 g/mol. The van der Waals surface area contributed by atoms with Crippen LogP contribution in [-0.2, 0) is 19.2 Å². The van der Waals surface area contributed by atoms with Crippen molar-refractivity contribution in [2.75, 3.05) is 0 Å². The van der Waals surface area contributed by atoms with E-state index in [0.717, 1.165) is 19.4 Å². The van der Waals surface area contributed by atoms with Crippen LogP contribution < -0.4 is 0 Å². The maximum Gasteiger partial charge on any atom is 0.327 e. The Morgan fingerprint density at radius 2 is 1.20 bits per heavy atom. The smallest absolute Gasteiger partial charge is 0.327 e. The van der Waals surface area contributed by atoms with Crippen molar-refractivity contribution in [3.05, 3.63) is 12.7 Å². The molecule has 0 aliphatic rings. The highest BCUT2D eigenvalue weighted by molar-refractivity contribution is 5.78.